The molecule has 0 aliphatic carbocycles. The molecule has 0 bridgehead atoms. The van der Waals surface area contributed by atoms with Crippen LogP contribution in [0.3, 0.4) is 0 Å². The van der Waals surface area contributed by atoms with E-state index in [1.165, 1.54) is 4.68 Å². The van der Waals surface area contributed by atoms with E-state index in [1.54, 1.807) is 0 Å². The summed E-state index contributed by atoms with van der Waals surface area (Å²) < 4.78 is 26.4. The summed E-state index contributed by atoms with van der Waals surface area (Å²) in [5.41, 5.74) is 0.0102. The Bertz CT molecular complexity index is 299. The smallest absolute Gasteiger partial charge is 0.243 e. The van der Waals surface area contributed by atoms with Crippen molar-refractivity contribution in [3.05, 3.63) is 11.4 Å². The van der Waals surface area contributed by atoms with E-state index >= 15 is 0 Å². The summed E-state index contributed by atoms with van der Waals surface area (Å²) in [6, 6.07) is 0. The normalized spacial score (nSPS) is 11.6. The van der Waals surface area contributed by atoms with Gasteiger partial charge in [0.25, 0.3) is 6.43 Å². The van der Waals surface area contributed by atoms with Gasteiger partial charge in [0, 0.05) is 6.54 Å². The molecule has 1 heterocycles. The van der Waals surface area contributed by atoms with Crippen LogP contribution in [-0.4, -0.2) is 15.0 Å². The van der Waals surface area contributed by atoms with Crippen LogP contribution in [0.15, 0.2) is 0 Å². The minimum absolute atomic E-state index is 0.0300. The third-order valence-corrected chi connectivity index (χ3v) is 1.97. The van der Waals surface area contributed by atoms with Crippen LogP contribution >= 0.6 is 11.6 Å². The number of alkyl halides is 3. The first-order valence-electron chi connectivity index (χ1n) is 4.32. The molecule has 0 radical (unpaired) electrons. The first-order valence-corrected chi connectivity index (χ1v) is 4.86. The number of hydrogen-bond donors (Lipinski definition) is 0. The minimum atomic E-state index is -2.57. The molecule has 0 amide bonds. The van der Waals surface area contributed by atoms with Crippen molar-refractivity contribution in [3.63, 3.8) is 0 Å². The van der Waals surface area contributed by atoms with E-state index in [2.05, 4.69) is 10.3 Å². The zero-order valence-corrected chi connectivity index (χ0v) is 8.80. The lowest BCUT2D eigenvalue weighted by atomic mass is 10.2. The highest BCUT2D eigenvalue weighted by molar-refractivity contribution is 6.16. The summed E-state index contributed by atoms with van der Waals surface area (Å²) in [5, 5.41) is 7.26. The molecule has 0 N–H and O–H groups in total. The lowest BCUT2D eigenvalue weighted by molar-refractivity contribution is 0.136. The van der Waals surface area contributed by atoms with Gasteiger partial charge in [0.2, 0.25) is 0 Å². The van der Waals surface area contributed by atoms with Crippen LogP contribution in [0.5, 0.6) is 0 Å². The molecule has 0 unspecified atom stereocenters. The van der Waals surface area contributed by atoms with Crippen LogP contribution < -0.4 is 0 Å². The summed E-state index contributed by atoms with van der Waals surface area (Å²) in [5.74, 6) is 0.218. The third kappa shape index (κ3) is 2.41. The molecule has 1 rings (SSSR count). The number of aromatic nitrogens is 3. The molecule has 80 valence electrons. The second-order valence-electron chi connectivity index (χ2n) is 3.43. The predicted molar refractivity (Wildman–Crippen MR) is 49.4 cm³/mol. The summed E-state index contributed by atoms with van der Waals surface area (Å²) in [7, 11) is 0. The Labute approximate surface area is 86.1 Å². The lowest BCUT2D eigenvalue weighted by Crippen LogP contribution is -2.10. The highest BCUT2D eigenvalue weighted by Gasteiger charge is 2.21. The van der Waals surface area contributed by atoms with Crippen LogP contribution in [-0.2, 0) is 12.4 Å². The summed E-state index contributed by atoms with van der Waals surface area (Å²) in [6.45, 7) is 4.29. The van der Waals surface area contributed by atoms with Crippen molar-refractivity contribution < 1.29 is 8.78 Å². The number of rotatable bonds is 4. The van der Waals surface area contributed by atoms with Crippen LogP contribution in [0.4, 0.5) is 8.78 Å². The maximum absolute atomic E-state index is 12.6. The molecular formula is C8H12ClF2N3. The lowest BCUT2D eigenvalue weighted by Gasteiger charge is -2.08. The average molecular weight is 224 g/mol. The second kappa shape index (κ2) is 4.68. The van der Waals surface area contributed by atoms with Gasteiger partial charge in [-0.25, -0.2) is 13.5 Å². The van der Waals surface area contributed by atoms with Crippen LogP contribution in [0, 0.1) is 5.92 Å². The molecule has 1 aromatic heterocycles. The molecule has 3 nitrogen and oxygen atoms in total. The molecular weight excluding hydrogens is 212 g/mol. The van der Waals surface area contributed by atoms with Gasteiger partial charge in [0.05, 0.1) is 5.88 Å². The van der Waals surface area contributed by atoms with Crippen molar-refractivity contribution in [1.82, 2.24) is 15.0 Å². The predicted octanol–water partition coefficient (Wildman–Crippen LogP) is 2.61. The number of nitrogens with zero attached hydrogens (tertiary/aromatic N) is 3. The van der Waals surface area contributed by atoms with E-state index in [1.807, 2.05) is 13.8 Å². The molecule has 0 aromatic carbocycles. The Morgan fingerprint density at radius 2 is 2.07 bits per heavy atom. The first-order chi connectivity index (χ1) is 6.56. The summed E-state index contributed by atoms with van der Waals surface area (Å²) >= 11 is 5.48. The largest absolute Gasteiger partial charge is 0.281 e. The van der Waals surface area contributed by atoms with Crippen molar-refractivity contribution >= 4 is 11.6 Å². The zero-order valence-electron chi connectivity index (χ0n) is 8.04. The van der Waals surface area contributed by atoms with Crippen molar-refractivity contribution in [2.24, 2.45) is 5.92 Å². The maximum atomic E-state index is 12.6. The van der Waals surface area contributed by atoms with Gasteiger partial charge < -0.3 is 0 Å². The third-order valence-electron chi connectivity index (χ3n) is 1.72. The zero-order chi connectivity index (χ0) is 10.7. The van der Waals surface area contributed by atoms with Crippen molar-refractivity contribution in [2.75, 3.05) is 0 Å². The van der Waals surface area contributed by atoms with Crippen molar-refractivity contribution in [1.29, 1.82) is 0 Å². The topological polar surface area (TPSA) is 30.7 Å². The average Bonchev–Trinajstić information content (AvgIpc) is 2.46. The summed E-state index contributed by atoms with van der Waals surface area (Å²) in [4.78, 5) is 0. The van der Waals surface area contributed by atoms with Gasteiger partial charge in [-0.3, -0.25) is 0 Å². The van der Waals surface area contributed by atoms with Crippen molar-refractivity contribution in [2.45, 2.75) is 32.7 Å². The number of hydrogen-bond acceptors (Lipinski definition) is 2. The van der Waals surface area contributed by atoms with E-state index < -0.39 is 6.43 Å². The first kappa shape index (κ1) is 11.4. The van der Waals surface area contributed by atoms with Gasteiger partial charge >= 0.3 is 0 Å². The Morgan fingerprint density at radius 3 is 2.50 bits per heavy atom. The Balaban J connectivity index is 2.98. The molecule has 0 aliphatic heterocycles. The second-order valence-corrected chi connectivity index (χ2v) is 3.70. The van der Waals surface area contributed by atoms with Gasteiger partial charge in [-0.15, -0.1) is 16.7 Å². The summed E-state index contributed by atoms with van der Waals surface area (Å²) in [6.07, 6.45) is -2.57. The van der Waals surface area contributed by atoms with E-state index in [4.69, 9.17) is 11.6 Å². The fourth-order valence-corrected chi connectivity index (χ4v) is 1.36. The minimum Gasteiger partial charge on any atom is -0.243 e. The van der Waals surface area contributed by atoms with Crippen LogP contribution in [0.1, 0.15) is 31.7 Å². The van der Waals surface area contributed by atoms with Gasteiger partial charge in [0.1, 0.15) is 11.4 Å². The Morgan fingerprint density at radius 1 is 1.43 bits per heavy atom. The van der Waals surface area contributed by atoms with E-state index in [0.29, 0.717) is 6.54 Å². The Hall–Kier alpha value is -0.710. The standard InChI is InChI=1S/C8H12ClF2N3/c1-5(2)4-14-7(8(10)11)6(3-9)12-13-14/h5,8H,3-4H2,1-2H3. The fraction of sp³-hybridized carbons (Fsp3) is 0.750. The van der Waals surface area contributed by atoms with Crippen LogP contribution in [0.25, 0.3) is 0 Å². The quantitative estimate of drug-likeness (QED) is 0.735. The molecule has 0 aliphatic rings. The van der Waals surface area contributed by atoms with Gasteiger partial charge in [-0.05, 0) is 5.92 Å². The molecule has 0 atom stereocenters. The molecule has 0 fully saturated rings. The van der Waals surface area contributed by atoms with Crippen molar-refractivity contribution in [3.8, 4) is 0 Å². The van der Waals surface area contributed by atoms with E-state index in [0.717, 1.165) is 0 Å². The SMILES string of the molecule is CC(C)Cn1nnc(CCl)c1C(F)F. The molecule has 0 saturated carbocycles. The molecule has 0 spiro atoms. The molecule has 1 aromatic rings. The fourth-order valence-electron chi connectivity index (χ4n) is 1.17. The van der Waals surface area contributed by atoms with Crippen LogP contribution in [0.2, 0.25) is 0 Å². The van der Waals surface area contributed by atoms with E-state index in [9.17, 15) is 8.78 Å². The monoisotopic (exact) mass is 223 g/mol. The Kier molecular flexibility index (Phi) is 3.80. The molecule has 0 saturated heterocycles. The highest BCUT2D eigenvalue weighted by atomic mass is 35.5. The van der Waals surface area contributed by atoms with Gasteiger partial charge in [-0.2, -0.15) is 0 Å². The maximum Gasteiger partial charge on any atom is 0.281 e. The van der Waals surface area contributed by atoms with E-state index in [-0.39, 0.29) is 23.2 Å². The molecule has 14 heavy (non-hydrogen) atoms. The molecule has 6 heteroatoms. The number of halogens is 3. The van der Waals surface area contributed by atoms with Gasteiger partial charge in [0.15, 0.2) is 0 Å². The highest BCUT2D eigenvalue weighted by Crippen LogP contribution is 2.23. The van der Waals surface area contributed by atoms with Gasteiger partial charge in [-0.1, -0.05) is 19.1 Å².